The molecule has 0 saturated carbocycles. The number of nitrogen functional groups attached to an aromatic ring is 1. The van der Waals surface area contributed by atoms with Gasteiger partial charge in [-0.2, -0.15) is 0 Å². The van der Waals surface area contributed by atoms with Gasteiger partial charge in [0.15, 0.2) is 0 Å². The molecular weight excluding hydrogens is 280 g/mol. The summed E-state index contributed by atoms with van der Waals surface area (Å²) in [5, 5.41) is 4.76. The summed E-state index contributed by atoms with van der Waals surface area (Å²) in [5.41, 5.74) is 8.44. The molecule has 0 aliphatic rings. The first-order valence-electron chi connectivity index (χ1n) is 5.73. The van der Waals surface area contributed by atoms with Crippen molar-refractivity contribution in [1.82, 2.24) is 5.16 Å². The molecule has 0 aliphatic carbocycles. The normalized spacial score (nSPS) is 10.8. The van der Waals surface area contributed by atoms with Crippen LogP contribution in [0.15, 0.2) is 40.9 Å². The van der Waals surface area contributed by atoms with Gasteiger partial charge in [0.1, 0.15) is 5.69 Å². The van der Waals surface area contributed by atoms with E-state index in [4.69, 9.17) is 21.9 Å². The molecule has 3 rings (SSSR count). The minimum Gasteiger partial charge on any atom is -0.367 e. The molecule has 3 nitrogen and oxygen atoms in total. The summed E-state index contributed by atoms with van der Waals surface area (Å²) in [4.78, 5) is 2.27. The van der Waals surface area contributed by atoms with Crippen LogP contribution in [0.25, 0.3) is 21.7 Å². The van der Waals surface area contributed by atoms with E-state index in [0.29, 0.717) is 10.9 Å². The van der Waals surface area contributed by atoms with Gasteiger partial charge in [-0.3, -0.25) is 0 Å². The molecule has 0 atom stereocenters. The molecule has 0 aliphatic heterocycles. The second kappa shape index (κ2) is 4.72. The summed E-state index contributed by atoms with van der Waals surface area (Å²) in [5.74, 6) is 0.323. The zero-order chi connectivity index (χ0) is 13.4. The molecule has 2 heterocycles. The number of benzene rings is 1. The molecule has 0 saturated heterocycles. The Morgan fingerprint density at radius 3 is 2.53 bits per heavy atom. The maximum absolute atomic E-state index is 5.90. The monoisotopic (exact) mass is 290 g/mol. The zero-order valence-electron chi connectivity index (χ0n) is 10.2. The quantitative estimate of drug-likeness (QED) is 0.749. The van der Waals surface area contributed by atoms with E-state index in [1.807, 2.05) is 30.3 Å². The highest BCUT2D eigenvalue weighted by Gasteiger charge is 2.18. The summed E-state index contributed by atoms with van der Waals surface area (Å²) < 4.78 is 5.15. The molecule has 3 aromatic rings. The molecule has 0 radical (unpaired) electrons. The highest BCUT2D eigenvalue weighted by Crippen LogP contribution is 2.39. The maximum Gasteiger partial charge on any atom is 0.230 e. The summed E-state index contributed by atoms with van der Waals surface area (Å²) >= 11 is 7.57. The van der Waals surface area contributed by atoms with Crippen LogP contribution in [0.5, 0.6) is 0 Å². The van der Waals surface area contributed by atoms with Gasteiger partial charge >= 0.3 is 0 Å². The summed E-state index contributed by atoms with van der Waals surface area (Å²) in [6.45, 7) is 2.06. The predicted octanol–water partition coefficient (Wildman–Crippen LogP) is 4.61. The van der Waals surface area contributed by atoms with Gasteiger partial charge in [-0.15, -0.1) is 11.3 Å². The van der Waals surface area contributed by atoms with E-state index >= 15 is 0 Å². The third-order valence-corrected chi connectivity index (χ3v) is 4.08. The third-order valence-electron chi connectivity index (χ3n) is 2.83. The molecule has 0 fully saturated rings. The Hall–Kier alpha value is -1.78. The minimum absolute atomic E-state index is 0.323. The van der Waals surface area contributed by atoms with Crippen molar-refractivity contribution >= 4 is 28.8 Å². The molecule has 0 bridgehead atoms. The van der Waals surface area contributed by atoms with E-state index < -0.39 is 0 Å². The SMILES string of the molecule is Cc1ccc(-c2noc(N)c2-c2ccc(Cl)cc2)s1. The molecule has 1 aromatic carbocycles. The number of hydrogen-bond acceptors (Lipinski definition) is 4. The number of anilines is 1. The highest BCUT2D eigenvalue weighted by molar-refractivity contribution is 7.15. The fourth-order valence-corrected chi connectivity index (χ4v) is 2.91. The number of nitrogens with two attached hydrogens (primary N) is 1. The number of rotatable bonds is 2. The van der Waals surface area contributed by atoms with E-state index in [1.54, 1.807) is 11.3 Å². The van der Waals surface area contributed by atoms with Crippen LogP contribution >= 0.6 is 22.9 Å². The molecule has 96 valence electrons. The molecule has 19 heavy (non-hydrogen) atoms. The summed E-state index contributed by atoms with van der Waals surface area (Å²) in [7, 11) is 0. The van der Waals surface area contributed by atoms with Crippen LogP contribution in [0.4, 0.5) is 5.88 Å². The van der Waals surface area contributed by atoms with E-state index in [2.05, 4.69) is 18.1 Å². The average molecular weight is 291 g/mol. The van der Waals surface area contributed by atoms with Crippen LogP contribution in [-0.2, 0) is 0 Å². The van der Waals surface area contributed by atoms with Gasteiger partial charge in [0.25, 0.3) is 0 Å². The van der Waals surface area contributed by atoms with Gasteiger partial charge in [0, 0.05) is 9.90 Å². The number of halogens is 1. The lowest BCUT2D eigenvalue weighted by atomic mass is 10.1. The Morgan fingerprint density at radius 1 is 1.16 bits per heavy atom. The van der Waals surface area contributed by atoms with Crippen molar-refractivity contribution in [2.45, 2.75) is 6.92 Å². The largest absolute Gasteiger partial charge is 0.367 e. The fourth-order valence-electron chi connectivity index (χ4n) is 1.93. The Bertz CT molecular complexity index is 715. The van der Waals surface area contributed by atoms with E-state index in [-0.39, 0.29) is 0 Å². The summed E-state index contributed by atoms with van der Waals surface area (Å²) in [6.07, 6.45) is 0. The van der Waals surface area contributed by atoms with Crippen molar-refractivity contribution in [2.24, 2.45) is 0 Å². The van der Waals surface area contributed by atoms with Crippen LogP contribution in [0.3, 0.4) is 0 Å². The van der Waals surface area contributed by atoms with Crippen molar-refractivity contribution in [1.29, 1.82) is 0 Å². The number of aromatic nitrogens is 1. The summed E-state index contributed by atoms with van der Waals surface area (Å²) in [6, 6.07) is 11.6. The van der Waals surface area contributed by atoms with Crippen molar-refractivity contribution in [3.63, 3.8) is 0 Å². The van der Waals surface area contributed by atoms with Crippen molar-refractivity contribution in [2.75, 3.05) is 5.73 Å². The van der Waals surface area contributed by atoms with Crippen LogP contribution in [0.1, 0.15) is 4.88 Å². The van der Waals surface area contributed by atoms with Gasteiger partial charge in [0.05, 0.1) is 10.4 Å². The van der Waals surface area contributed by atoms with E-state index in [9.17, 15) is 0 Å². The number of nitrogens with zero attached hydrogens (tertiary/aromatic N) is 1. The lowest BCUT2D eigenvalue weighted by Crippen LogP contribution is -1.86. The molecule has 2 N–H and O–H groups in total. The van der Waals surface area contributed by atoms with Gasteiger partial charge in [-0.1, -0.05) is 28.9 Å². The van der Waals surface area contributed by atoms with Crippen molar-refractivity contribution < 1.29 is 4.52 Å². The predicted molar refractivity (Wildman–Crippen MR) is 79.4 cm³/mol. The van der Waals surface area contributed by atoms with E-state index in [1.165, 1.54) is 4.88 Å². The van der Waals surface area contributed by atoms with Crippen LogP contribution in [0.2, 0.25) is 5.02 Å². The first-order valence-corrected chi connectivity index (χ1v) is 6.92. The van der Waals surface area contributed by atoms with Gasteiger partial charge in [-0.05, 0) is 36.8 Å². The average Bonchev–Trinajstić information content (AvgIpc) is 2.97. The minimum atomic E-state index is 0.323. The first-order chi connectivity index (χ1) is 9.15. The second-order valence-electron chi connectivity index (χ2n) is 4.19. The standard InChI is InChI=1S/C14H11ClN2OS/c1-8-2-7-11(19-8)13-12(14(16)18-17-13)9-3-5-10(15)6-4-9/h2-7H,16H2,1H3. The molecule has 0 amide bonds. The zero-order valence-corrected chi connectivity index (χ0v) is 11.8. The second-order valence-corrected chi connectivity index (χ2v) is 5.91. The number of hydrogen-bond donors (Lipinski definition) is 1. The smallest absolute Gasteiger partial charge is 0.230 e. The molecule has 2 aromatic heterocycles. The molecule has 5 heteroatoms. The van der Waals surface area contributed by atoms with Crippen molar-refractivity contribution in [3.8, 4) is 21.7 Å². The first kappa shape index (κ1) is 12.3. The Balaban J connectivity index is 2.16. The van der Waals surface area contributed by atoms with Crippen molar-refractivity contribution in [3.05, 3.63) is 46.3 Å². The Labute approximate surface area is 119 Å². The Kier molecular flexibility index (Phi) is 3.05. The van der Waals surface area contributed by atoms with Crippen LogP contribution < -0.4 is 5.73 Å². The van der Waals surface area contributed by atoms with Crippen LogP contribution in [0, 0.1) is 6.92 Å². The number of aryl methyl sites for hydroxylation is 1. The maximum atomic E-state index is 5.90. The van der Waals surface area contributed by atoms with Gasteiger partial charge in [-0.25, -0.2) is 0 Å². The lowest BCUT2D eigenvalue weighted by Gasteiger charge is -2.01. The highest BCUT2D eigenvalue weighted by atomic mass is 35.5. The molecule has 0 unspecified atom stereocenters. The third kappa shape index (κ3) is 2.25. The fraction of sp³-hybridized carbons (Fsp3) is 0.0714. The lowest BCUT2D eigenvalue weighted by molar-refractivity contribution is 0.439. The number of thiophene rings is 1. The van der Waals surface area contributed by atoms with Gasteiger partial charge < -0.3 is 10.3 Å². The topological polar surface area (TPSA) is 52.0 Å². The Morgan fingerprint density at radius 2 is 1.89 bits per heavy atom. The van der Waals surface area contributed by atoms with E-state index in [0.717, 1.165) is 21.7 Å². The molecule has 0 spiro atoms. The van der Waals surface area contributed by atoms with Crippen LogP contribution in [-0.4, -0.2) is 5.16 Å². The molecular formula is C14H11ClN2OS. The van der Waals surface area contributed by atoms with Gasteiger partial charge in [0.2, 0.25) is 5.88 Å².